The molecule has 4 rings (SSSR count). The Morgan fingerprint density at radius 2 is 1.65 bits per heavy atom. The number of carbonyl (C=O) groups is 2. The number of carbonyl (C=O) groups excluding carboxylic acids is 2. The van der Waals surface area contributed by atoms with Gasteiger partial charge in [0.25, 0.3) is 5.91 Å². The number of aromatic nitrogens is 1. The van der Waals surface area contributed by atoms with Crippen molar-refractivity contribution < 1.29 is 9.59 Å². The van der Waals surface area contributed by atoms with Gasteiger partial charge in [0.2, 0.25) is 5.91 Å². The van der Waals surface area contributed by atoms with Crippen LogP contribution in [0.5, 0.6) is 0 Å². The fourth-order valence-corrected chi connectivity index (χ4v) is 5.36. The number of hydrogen-bond donors (Lipinski definition) is 5. The van der Waals surface area contributed by atoms with Gasteiger partial charge in [0.1, 0.15) is 0 Å². The summed E-state index contributed by atoms with van der Waals surface area (Å²) in [4.78, 5) is 32.3. The molecular formula is C28H29BrN6O2. The number of nitrogens with one attached hydrogen (secondary N) is 3. The first kappa shape index (κ1) is 26.0. The minimum atomic E-state index is -1.58. The summed E-state index contributed by atoms with van der Waals surface area (Å²) in [6, 6.07) is 24.4. The number of benzene rings is 3. The van der Waals surface area contributed by atoms with Crippen molar-refractivity contribution >= 4 is 44.6 Å². The van der Waals surface area contributed by atoms with Crippen molar-refractivity contribution in [3.05, 3.63) is 106 Å². The molecule has 8 nitrogen and oxygen atoms in total. The van der Waals surface area contributed by atoms with Crippen LogP contribution in [-0.4, -0.2) is 40.7 Å². The Morgan fingerprint density at radius 3 is 2.35 bits per heavy atom. The molecule has 1 unspecified atom stereocenters. The Labute approximate surface area is 223 Å². The number of guanidine groups is 1. The van der Waals surface area contributed by atoms with E-state index in [0.29, 0.717) is 22.0 Å². The summed E-state index contributed by atoms with van der Waals surface area (Å²) >= 11 is 3.60. The van der Waals surface area contributed by atoms with E-state index in [1.54, 1.807) is 4.90 Å². The minimum absolute atomic E-state index is 0.0137. The maximum atomic E-state index is 13.9. The lowest BCUT2D eigenvalue weighted by atomic mass is 9.79. The van der Waals surface area contributed by atoms with E-state index in [-0.39, 0.29) is 31.4 Å². The molecule has 0 saturated heterocycles. The van der Waals surface area contributed by atoms with Crippen molar-refractivity contribution in [1.82, 2.24) is 15.2 Å². The van der Waals surface area contributed by atoms with Crippen LogP contribution in [0.2, 0.25) is 0 Å². The van der Waals surface area contributed by atoms with E-state index in [0.717, 1.165) is 16.5 Å². The zero-order chi connectivity index (χ0) is 26.4. The summed E-state index contributed by atoms with van der Waals surface area (Å²) in [5.41, 5.74) is 13.3. The molecule has 0 saturated carbocycles. The van der Waals surface area contributed by atoms with E-state index < -0.39 is 11.4 Å². The average molecular weight is 561 g/mol. The maximum Gasteiger partial charge on any atom is 0.252 e. The molecule has 0 radical (unpaired) electrons. The number of para-hydroxylation sites is 1. The van der Waals surface area contributed by atoms with Gasteiger partial charge in [-0.05, 0) is 29.7 Å². The highest BCUT2D eigenvalue weighted by atomic mass is 79.9. The normalized spacial score (nSPS) is 12.6. The fraction of sp³-hybridized carbons (Fsp3) is 0.179. The quantitative estimate of drug-likeness (QED) is 0.149. The van der Waals surface area contributed by atoms with Crippen molar-refractivity contribution in [1.29, 1.82) is 5.41 Å². The van der Waals surface area contributed by atoms with Gasteiger partial charge in [-0.25, -0.2) is 0 Å². The number of nitrogens with two attached hydrogens (primary N) is 2. The first-order chi connectivity index (χ1) is 17.9. The highest BCUT2D eigenvalue weighted by Gasteiger charge is 2.49. The molecule has 3 aromatic carbocycles. The first-order valence-corrected chi connectivity index (χ1v) is 12.7. The van der Waals surface area contributed by atoms with E-state index in [1.807, 2.05) is 85.1 Å². The Hall–Kier alpha value is -4.11. The molecule has 0 aliphatic rings. The molecule has 1 atom stereocenters. The predicted molar refractivity (Wildman–Crippen MR) is 149 cm³/mol. The van der Waals surface area contributed by atoms with Crippen LogP contribution in [-0.2, 0) is 21.5 Å². The van der Waals surface area contributed by atoms with E-state index in [9.17, 15) is 9.59 Å². The third-order valence-electron chi connectivity index (χ3n) is 6.45. The van der Waals surface area contributed by atoms with Crippen LogP contribution in [0, 0.1) is 5.41 Å². The third-order valence-corrected chi connectivity index (χ3v) is 7.14. The minimum Gasteiger partial charge on any atom is -0.370 e. The van der Waals surface area contributed by atoms with Gasteiger partial charge >= 0.3 is 0 Å². The number of H-pyrrole nitrogens is 1. The monoisotopic (exact) mass is 560 g/mol. The maximum absolute atomic E-state index is 13.9. The van der Waals surface area contributed by atoms with Gasteiger partial charge in [-0.3, -0.25) is 15.0 Å². The largest absolute Gasteiger partial charge is 0.370 e. The molecule has 9 heteroatoms. The molecular weight excluding hydrogens is 532 g/mol. The molecule has 2 amide bonds. The van der Waals surface area contributed by atoms with Gasteiger partial charge < -0.3 is 26.7 Å². The van der Waals surface area contributed by atoms with Crippen LogP contribution in [0.3, 0.4) is 0 Å². The Kier molecular flexibility index (Phi) is 7.93. The second kappa shape index (κ2) is 11.3. The number of rotatable bonds is 10. The molecule has 0 bridgehead atoms. The number of amides is 2. The first-order valence-electron chi connectivity index (χ1n) is 11.9. The molecule has 37 heavy (non-hydrogen) atoms. The number of primary amides is 1. The lowest BCUT2D eigenvalue weighted by molar-refractivity contribution is -0.144. The van der Waals surface area contributed by atoms with Gasteiger partial charge in [0, 0.05) is 46.6 Å². The number of aromatic amines is 1. The molecule has 7 N–H and O–H groups in total. The second-order valence-electron chi connectivity index (χ2n) is 8.67. The highest BCUT2D eigenvalue weighted by Crippen LogP contribution is 2.40. The number of hydrogen-bond acceptors (Lipinski definition) is 3. The van der Waals surface area contributed by atoms with Gasteiger partial charge in [-0.2, -0.15) is 0 Å². The van der Waals surface area contributed by atoms with E-state index in [4.69, 9.17) is 16.9 Å². The van der Waals surface area contributed by atoms with Crippen molar-refractivity contribution in [2.75, 3.05) is 13.1 Å². The van der Waals surface area contributed by atoms with Gasteiger partial charge in [-0.1, -0.05) is 82.7 Å². The fourth-order valence-electron chi connectivity index (χ4n) is 4.79. The Balaban J connectivity index is 1.85. The number of nitrogens with zero attached hydrogens (tertiary/aromatic N) is 1. The molecule has 0 spiro atoms. The van der Waals surface area contributed by atoms with Crippen molar-refractivity contribution in [2.45, 2.75) is 18.4 Å². The van der Waals surface area contributed by atoms with E-state index in [1.165, 1.54) is 0 Å². The van der Waals surface area contributed by atoms with Crippen molar-refractivity contribution in [3.63, 3.8) is 0 Å². The Morgan fingerprint density at radius 1 is 0.973 bits per heavy atom. The molecule has 0 fully saturated rings. The van der Waals surface area contributed by atoms with Gasteiger partial charge in [0.05, 0.1) is 0 Å². The molecule has 0 aliphatic carbocycles. The van der Waals surface area contributed by atoms with Crippen molar-refractivity contribution in [3.8, 4) is 0 Å². The predicted octanol–water partition coefficient (Wildman–Crippen LogP) is 3.60. The van der Waals surface area contributed by atoms with E-state index >= 15 is 0 Å². The molecule has 4 aromatic rings. The van der Waals surface area contributed by atoms with Crippen LogP contribution in [0.25, 0.3) is 10.9 Å². The van der Waals surface area contributed by atoms with Crippen molar-refractivity contribution in [2.24, 2.45) is 11.5 Å². The SMILES string of the molecule is N=C(N)NCCC(=O)N(CCc1c[nH]c2ccccc12)C(C(N)=O)(c1ccccc1)c1ccccc1Br. The summed E-state index contributed by atoms with van der Waals surface area (Å²) < 4.78 is 0.657. The second-order valence-corrected chi connectivity index (χ2v) is 9.52. The summed E-state index contributed by atoms with van der Waals surface area (Å²) in [5.74, 6) is -1.20. The molecule has 190 valence electrons. The summed E-state index contributed by atoms with van der Waals surface area (Å²) in [5, 5.41) is 11.2. The van der Waals surface area contributed by atoms with E-state index in [2.05, 4.69) is 26.2 Å². The topological polar surface area (TPSA) is 141 Å². The number of fused-ring (bicyclic) bond motifs is 1. The summed E-state index contributed by atoms with van der Waals surface area (Å²) in [7, 11) is 0. The molecule has 1 aromatic heterocycles. The average Bonchev–Trinajstić information content (AvgIpc) is 3.30. The third kappa shape index (κ3) is 5.22. The smallest absolute Gasteiger partial charge is 0.252 e. The lowest BCUT2D eigenvalue weighted by Gasteiger charge is -2.43. The van der Waals surface area contributed by atoms with Crippen LogP contribution in [0.4, 0.5) is 0 Å². The lowest BCUT2D eigenvalue weighted by Crippen LogP contribution is -2.59. The Bertz CT molecular complexity index is 1420. The van der Waals surface area contributed by atoms with Crippen LogP contribution >= 0.6 is 15.9 Å². The zero-order valence-corrected chi connectivity index (χ0v) is 21.8. The summed E-state index contributed by atoms with van der Waals surface area (Å²) in [6.45, 7) is 0.372. The summed E-state index contributed by atoms with van der Waals surface area (Å²) in [6.07, 6.45) is 2.43. The van der Waals surface area contributed by atoms with Crippen LogP contribution in [0.1, 0.15) is 23.1 Å². The standard InChI is InChI=1S/C28H29BrN6O2/c29-23-12-6-5-11-22(23)28(26(30)37,20-8-2-1-3-9-20)35(25(36)14-16-33-27(31)32)17-15-19-18-34-24-13-7-4-10-21(19)24/h1-13,18,34H,14-17H2,(H2,30,37)(H4,31,32,33). The molecule has 1 heterocycles. The highest BCUT2D eigenvalue weighted by molar-refractivity contribution is 9.10. The zero-order valence-electron chi connectivity index (χ0n) is 20.2. The van der Waals surface area contributed by atoms with Crippen LogP contribution in [0.15, 0.2) is 89.5 Å². The van der Waals surface area contributed by atoms with Gasteiger partial charge in [0.15, 0.2) is 11.5 Å². The number of halogens is 1. The van der Waals surface area contributed by atoms with Gasteiger partial charge in [-0.15, -0.1) is 0 Å². The van der Waals surface area contributed by atoms with Crippen LogP contribution < -0.4 is 16.8 Å². The molecule has 0 aliphatic heterocycles.